The zero-order valence-corrected chi connectivity index (χ0v) is 12.0. The van der Waals surface area contributed by atoms with E-state index < -0.39 is 0 Å². The first kappa shape index (κ1) is 14.3. The molecule has 0 saturated heterocycles. The normalized spacial score (nSPS) is 10.6. The minimum absolute atomic E-state index is 0.248. The Morgan fingerprint density at radius 1 is 1.30 bits per heavy atom. The number of aromatic nitrogens is 2. The molecule has 0 aliphatic carbocycles. The molecule has 0 atom stereocenters. The summed E-state index contributed by atoms with van der Waals surface area (Å²) in [5.74, 6) is 2.40. The molecule has 0 unspecified atom stereocenters. The maximum atomic E-state index is 5.71. The molecule has 6 nitrogen and oxygen atoms in total. The summed E-state index contributed by atoms with van der Waals surface area (Å²) < 4.78 is 15.9. The van der Waals surface area contributed by atoms with Gasteiger partial charge in [-0.05, 0) is 24.2 Å². The summed E-state index contributed by atoms with van der Waals surface area (Å²) in [6, 6.07) is 5.85. The molecule has 2 rings (SSSR count). The number of hydrogen-bond acceptors (Lipinski definition) is 6. The Morgan fingerprint density at radius 2 is 2.15 bits per heavy atom. The van der Waals surface area contributed by atoms with Crippen molar-refractivity contribution in [3.05, 3.63) is 35.5 Å². The third-order valence-corrected chi connectivity index (χ3v) is 2.73. The highest BCUT2D eigenvalue weighted by molar-refractivity contribution is 5.42. The number of benzene rings is 1. The molecule has 108 valence electrons. The fourth-order valence-corrected chi connectivity index (χ4v) is 1.76. The van der Waals surface area contributed by atoms with Gasteiger partial charge in [0, 0.05) is 13.5 Å². The molecule has 0 spiro atoms. The van der Waals surface area contributed by atoms with Crippen molar-refractivity contribution in [2.45, 2.75) is 27.0 Å². The van der Waals surface area contributed by atoms with Crippen LogP contribution >= 0.6 is 0 Å². The van der Waals surface area contributed by atoms with Crippen molar-refractivity contribution in [1.82, 2.24) is 15.5 Å². The van der Waals surface area contributed by atoms with Crippen LogP contribution < -0.4 is 14.8 Å². The Kier molecular flexibility index (Phi) is 4.95. The molecule has 20 heavy (non-hydrogen) atoms. The first-order valence-corrected chi connectivity index (χ1v) is 6.52. The molecule has 0 amide bonds. The first-order valence-electron chi connectivity index (χ1n) is 6.52. The van der Waals surface area contributed by atoms with Crippen LogP contribution in [0.25, 0.3) is 0 Å². The average Bonchev–Trinajstić information content (AvgIpc) is 2.88. The maximum Gasteiger partial charge on any atom is 0.223 e. The van der Waals surface area contributed by atoms with Crippen LogP contribution in [0.5, 0.6) is 11.5 Å². The monoisotopic (exact) mass is 277 g/mol. The van der Waals surface area contributed by atoms with E-state index in [0.29, 0.717) is 23.2 Å². The van der Waals surface area contributed by atoms with Crippen molar-refractivity contribution in [2.75, 3.05) is 13.7 Å². The number of hydrogen-bond donors (Lipinski definition) is 1. The van der Waals surface area contributed by atoms with Crippen LogP contribution in [0.1, 0.15) is 24.2 Å². The van der Waals surface area contributed by atoms with Crippen LogP contribution in [0.3, 0.4) is 0 Å². The van der Waals surface area contributed by atoms with Gasteiger partial charge in [-0.25, -0.2) is 0 Å². The summed E-state index contributed by atoms with van der Waals surface area (Å²) in [4.78, 5) is 4.10. The van der Waals surface area contributed by atoms with Crippen molar-refractivity contribution in [3.63, 3.8) is 0 Å². The van der Waals surface area contributed by atoms with E-state index in [9.17, 15) is 0 Å². The van der Waals surface area contributed by atoms with E-state index in [1.807, 2.05) is 18.2 Å². The average molecular weight is 277 g/mol. The third-order valence-electron chi connectivity index (χ3n) is 2.73. The molecule has 0 saturated carbocycles. The lowest BCUT2D eigenvalue weighted by Gasteiger charge is -2.11. The van der Waals surface area contributed by atoms with Gasteiger partial charge < -0.3 is 19.3 Å². The molecule has 0 bridgehead atoms. The van der Waals surface area contributed by atoms with Crippen LogP contribution in [0.2, 0.25) is 0 Å². The molecule has 1 aromatic heterocycles. The topological polar surface area (TPSA) is 69.4 Å². The van der Waals surface area contributed by atoms with Crippen LogP contribution in [-0.2, 0) is 13.2 Å². The largest absolute Gasteiger partial charge is 0.493 e. The molecule has 1 N–H and O–H groups in total. The Balaban J connectivity index is 2.07. The molecule has 6 heteroatoms. The quantitative estimate of drug-likeness (QED) is 0.835. The maximum absolute atomic E-state index is 5.71. The molecule has 0 radical (unpaired) electrons. The van der Waals surface area contributed by atoms with Crippen molar-refractivity contribution in [2.24, 2.45) is 0 Å². The Hall–Kier alpha value is -2.08. The van der Waals surface area contributed by atoms with E-state index in [0.717, 1.165) is 18.7 Å². The predicted octanol–water partition coefficient (Wildman–Crippen LogP) is 2.08. The van der Waals surface area contributed by atoms with Crippen LogP contribution in [-0.4, -0.2) is 23.8 Å². The van der Waals surface area contributed by atoms with Gasteiger partial charge in [0.15, 0.2) is 18.1 Å². The van der Waals surface area contributed by atoms with Gasteiger partial charge in [0.1, 0.15) is 0 Å². The first-order chi connectivity index (χ1) is 9.72. The number of ether oxygens (including phenoxy) is 2. The molecule has 1 aromatic carbocycles. The van der Waals surface area contributed by atoms with Crippen LogP contribution in [0.4, 0.5) is 0 Å². The van der Waals surface area contributed by atoms with Gasteiger partial charge in [0.25, 0.3) is 0 Å². The molecular formula is C14H19N3O3. The second-order valence-corrected chi connectivity index (χ2v) is 4.28. The van der Waals surface area contributed by atoms with Crippen molar-refractivity contribution >= 4 is 0 Å². The Morgan fingerprint density at radius 3 is 2.80 bits per heavy atom. The number of aryl methyl sites for hydroxylation is 1. The second-order valence-electron chi connectivity index (χ2n) is 4.28. The lowest BCUT2D eigenvalue weighted by molar-refractivity contribution is 0.269. The summed E-state index contributed by atoms with van der Waals surface area (Å²) in [6.07, 6.45) is 0. The highest BCUT2D eigenvalue weighted by Crippen LogP contribution is 2.28. The lowest BCUT2D eigenvalue weighted by atomic mass is 10.2. The molecule has 2 aromatic rings. The van der Waals surface area contributed by atoms with Gasteiger partial charge in [0.2, 0.25) is 11.7 Å². The van der Waals surface area contributed by atoms with E-state index >= 15 is 0 Å². The van der Waals surface area contributed by atoms with Crippen molar-refractivity contribution < 1.29 is 14.0 Å². The summed E-state index contributed by atoms with van der Waals surface area (Å²) >= 11 is 0. The van der Waals surface area contributed by atoms with E-state index in [4.69, 9.17) is 14.0 Å². The number of nitrogens with zero attached hydrogens (tertiary/aromatic N) is 2. The summed E-state index contributed by atoms with van der Waals surface area (Å²) in [6.45, 7) is 5.77. The zero-order chi connectivity index (χ0) is 14.4. The fraction of sp³-hybridized carbons (Fsp3) is 0.429. The number of methoxy groups -OCH3 is 1. The Bertz CT molecular complexity index is 554. The van der Waals surface area contributed by atoms with Gasteiger partial charge in [-0.3, -0.25) is 0 Å². The lowest BCUT2D eigenvalue weighted by Crippen LogP contribution is -2.11. The Labute approximate surface area is 118 Å². The zero-order valence-electron chi connectivity index (χ0n) is 12.0. The van der Waals surface area contributed by atoms with Crippen LogP contribution in [0, 0.1) is 6.92 Å². The number of nitrogens with one attached hydrogen (secondary N) is 1. The smallest absolute Gasteiger partial charge is 0.223 e. The SMILES string of the molecule is CCNCc1ccc(OC)c(OCc2noc(C)n2)c1. The second kappa shape index (κ2) is 6.91. The highest BCUT2D eigenvalue weighted by Gasteiger charge is 2.08. The molecule has 0 fully saturated rings. The van der Waals surface area contributed by atoms with Crippen LogP contribution in [0.15, 0.2) is 22.7 Å². The van der Waals surface area contributed by atoms with Gasteiger partial charge in [-0.2, -0.15) is 4.98 Å². The van der Waals surface area contributed by atoms with E-state index in [1.165, 1.54) is 0 Å². The van der Waals surface area contributed by atoms with E-state index in [-0.39, 0.29) is 6.61 Å². The molecule has 0 aliphatic heterocycles. The van der Waals surface area contributed by atoms with E-state index in [1.54, 1.807) is 14.0 Å². The predicted molar refractivity (Wildman–Crippen MR) is 73.7 cm³/mol. The fourth-order valence-electron chi connectivity index (χ4n) is 1.76. The van der Waals surface area contributed by atoms with Gasteiger partial charge in [0.05, 0.1) is 7.11 Å². The van der Waals surface area contributed by atoms with Crippen molar-refractivity contribution in [1.29, 1.82) is 0 Å². The van der Waals surface area contributed by atoms with Crippen molar-refractivity contribution in [3.8, 4) is 11.5 Å². The third kappa shape index (κ3) is 3.71. The van der Waals surface area contributed by atoms with Gasteiger partial charge in [-0.15, -0.1) is 0 Å². The standard InChI is InChI=1S/C14H19N3O3/c1-4-15-8-11-5-6-12(18-3)13(7-11)19-9-14-16-10(2)20-17-14/h5-7,15H,4,8-9H2,1-3H3. The van der Waals surface area contributed by atoms with Gasteiger partial charge in [-0.1, -0.05) is 18.1 Å². The number of rotatable bonds is 7. The van der Waals surface area contributed by atoms with E-state index in [2.05, 4.69) is 22.4 Å². The highest BCUT2D eigenvalue weighted by atomic mass is 16.5. The summed E-state index contributed by atoms with van der Waals surface area (Å²) in [5, 5.41) is 7.06. The molecule has 0 aliphatic rings. The van der Waals surface area contributed by atoms with Gasteiger partial charge >= 0.3 is 0 Å². The molecular weight excluding hydrogens is 258 g/mol. The summed E-state index contributed by atoms with van der Waals surface area (Å²) in [7, 11) is 1.62. The minimum Gasteiger partial charge on any atom is -0.493 e. The summed E-state index contributed by atoms with van der Waals surface area (Å²) in [5.41, 5.74) is 1.13. The minimum atomic E-state index is 0.248. The molecule has 1 heterocycles.